The first-order valence-electron chi connectivity index (χ1n) is 6.17. The number of furan rings is 1. The standard InChI is InChI=1S/C11H19N3O6S2/c1-11(2,3)14(15)7-8-9(21(16,17)12-4)6-10(20-8)22(18,19)13-5/h6-7,12-13H,1-5H3. The molecule has 0 aliphatic heterocycles. The second-order valence-corrected chi connectivity index (χ2v) is 9.01. The van der Waals surface area contributed by atoms with E-state index in [0.29, 0.717) is 4.74 Å². The fourth-order valence-corrected chi connectivity index (χ4v) is 2.90. The van der Waals surface area contributed by atoms with E-state index in [1.54, 1.807) is 20.8 Å². The van der Waals surface area contributed by atoms with Gasteiger partial charge in [0.05, 0.1) is 0 Å². The zero-order valence-corrected chi connectivity index (χ0v) is 14.5. The first-order chi connectivity index (χ1) is 9.85. The predicted molar refractivity (Wildman–Crippen MR) is 79.7 cm³/mol. The van der Waals surface area contributed by atoms with Crippen LogP contribution < -0.4 is 9.44 Å². The number of nitrogens with one attached hydrogen (secondary N) is 2. The van der Waals surface area contributed by atoms with Crippen LogP contribution in [0.5, 0.6) is 0 Å². The lowest BCUT2D eigenvalue weighted by Crippen LogP contribution is -2.29. The summed E-state index contributed by atoms with van der Waals surface area (Å²) in [5.41, 5.74) is -0.852. The van der Waals surface area contributed by atoms with Gasteiger partial charge in [0.25, 0.3) is 10.0 Å². The van der Waals surface area contributed by atoms with E-state index < -0.39 is 35.6 Å². The molecule has 0 fully saturated rings. The molecule has 126 valence electrons. The highest BCUT2D eigenvalue weighted by molar-refractivity contribution is 7.90. The van der Waals surface area contributed by atoms with Crippen LogP contribution in [0.15, 0.2) is 20.5 Å². The van der Waals surface area contributed by atoms with Gasteiger partial charge in [-0.05, 0) is 14.1 Å². The number of nitrogens with zero attached hydrogens (tertiary/aromatic N) is 1. The largest absolute Gasteiger partial charge is 0.623 e. The Kier molecular flexibility index (Phi) is 5.07. The van der Waals surface area contributed by atoms with Crippen LogP contribution in [0.25, 0.3) is 0 Å². The lowest BCUT2D eigenvalue weighted by atomic mass is 10.1. The van der Waals surface area contributed by atoms with Crippen LogP contribution in [0, 0.1) is 5.21 Å². The van der Waals surface area contributed by atoms with Crippen LogP contribution >= 0.6 is 0 Å². The summed E-state index contributed by atoms with van der Waals surface area (Å²) in [4.78, 5) is -0.436. The average molecular weight is 353 g/mol. The van der Waals surface area contributed by atoms with Crippen LogP contribution in [0.4, 0.5) is 0 Å². The van der Waals surface area contributed by atoms with Crippen molar-refractivity contribution in [2.24, 2.45) is 0 Å². The van der Waals surface area contributed by atoms with Gasteiger partial charge in [0, 0.05) is 26.8 Å². The maximum absolute atomic E-state index is 12.0. The first kappa shape index (κ1) is 18.6. The van der Waals surface area contributed by atoms with Crippen molar-refractivity contribution in [3.8, 4) is 0 Å². The van der Waals surface area contributed by atoms with E-state index in [1.165, 1.54) is 0 Å². The normalized spacial score (nSPS) is 14.3. The lowest BCUT2D eigenvalue weighted by Gasteiger charge is -2.18. The quantitative estimate of drug-likeness (QED) is 0.327. The zero-order chi connectivity index (χ0) is 17.3. The maximum Gasteiger partial charge on any atom is 0.273 e. The van der Waals surface area contributed by atoms with Crippen molar-refractivity contribution < 1.29 is 26.0 Å². The zero-order valence-electron chi connectivity index (χ0n) is 12.9. The van der Waals surface area contributed by atoms with E-state index >= 15 is 0 Å². The molecule has 0 aromatic carbocycles. The molecular weight excluding hydrogens is 334 g/mol. The molecule has 9 nitrogen and oxygen atoms in total. The van der Waals surface area contributed by atoms with Crippen LogP contribution in [-0.2, 0) is 20.0 Å². The van der Waals surface area contributed by atoms with Gasteiger partial charge in [-0.1, -0.05) is 0 Å². The van der Waals surface area contributed by atoms with Crippen molar-refractivity contribution in [2.45, 2.75) is 36.3 Å². The monoisotopic (exact) mass is 353 g/mol. The van der Waals surface area contributed by atoms with E-state index in [4.69, 9.17) is 4.42 Å². The van der Waals surface area contributed by atoms with Gasteiger partial charge in [-0.2, -0.15) is 0 Å². The highest BCUT2D eigenvalue weighted by Gasteiger charge is 2.29. The molecule has 1 heterocycles. The fraction of sp³-hybridized carbons (Fsp3) is 0.545. The Hall–Kier alpha value is -1.43. The Balaban J connectivity index is 3.64. The molecule has 0 bridgehead atoms. The highest BCUT2D eigenvalue weighted by Crippen LogP contribution is 2.23. The Bertz CT molecular complexity index is 784. The van der Waals surface area contributed by atoms with Gasteiger partial charge < -0.3 is 9.62 Å². The van der Waals surface area contributed by atoms with Crippen molar-refractivity contribution in [1.82, 2.24) is 9.44 Å². The lowest BCUT2D eigenvalue weighted by molar-refractivity contribution is -0.531. The number of hydrogen-bond donors (Lipinski definition) is 2. The molecule has 1 rings (SSSR count). The first-order valence-corrected chi connectivity index (χ1v) is 9.14. The van der Waals surface area contributed by atoms with Gasteiger partial charge in [0.1, 0.15) is 4.90 Å². The molecular formula is C11H19N3O6S2. The summed E-state index contributed by atoms with van der Waals surface area (Å²) < 4.78 is 57.0. The molecule has 1 aromatic rings. The van der Waals surface area contributed by atoms with Gasteiger partial charge in [-0.25, -0.2) is 31.0 Å². The molecule has 1 aromatic heterocycles. The van der Waals surface area contributed by atoms with E-state index in [-0.39, 0.29) is 5.76 Å². The summed E-state index contributed by atoms with van der Waals surface area (Å²) in [6.45, 7) is 4.82. The number of hydrogen-bond acceptors (Lipinski definition) is 6. The molecule has 0 atom stereocenters. The predicted octanol–water partition coefficient (Wildman–Crippen LogP) is -0.176. The third kappa shape index (κ3) is 3.85. The Morgan fingerprint density at radius 2 is 1.64 bits per heavy atom. The second-order valence-electron chi connectivity index (χ2n) is 5.33. The third-order valence-electron chi connectivity index (χ3n) is 2.69. The minimum atomic E-state index is -4.00. The highest BCUT2D eigenvalue weighted by atomic mass is 32.2. The van der Waals surface area contributed by atoms with Crippen molar-refractivity contribution in [2.75, 3.05) is 14.1 Å². The minimum absolute atomic E-state index is 0.367. The van der Waals surface area contributed by atoms with Gasteiger partial charge in [-0.15, -0.1) is 0 Å². The summed E-state index contributed by atoms with van der Waals surface area (Å²) in [6.07, 6.45) is 0.902. The van der Waals surface area contributed by atoms with E-state index in [1.807, 2.05) is 9.44 Å². The van der Waals surface area contributed by atoms with Crippen LogP contribution in [-0.4, -0.2) is 47.4 Å². The van der Waals surface area contributed by atoms with Gasteiger partial charge in [0.15, 0.2) is 5.54 Å². The van der Waals surface area contributed by atoms with E-state index in [9.17, 15) is 22.0 Å². The van der Waals surface area contributed by atoms with Crippen molar-refractivity contribution >= 4 is 26.3 Å². The average Bonchev–Trinajstić information content (AvgIpc) is 2.83. The van der Waals surface area contributed by atoms with Crippen molar-refractivity contribution in [3.63, 3.8) is 0 Å². The fourth-order valence-electron chi connectivity index (χ4n) is 1.31. The SMILES string of the molecule is CNS(=O)(=O)c1cc(S(=O)(=O)NC)c(C=[N+]([O-])C(C)(C)C)o1. The summed E-state index contributed by atoms with van der Waals surface area (Å²) in [5, 5.41) is 11.4. The Labute approximate surface area is 129 Å². The van der Waals surface area contributed by atoms with Gasteiger partial charge in [-0.3, -0.25) is 0 Å². The molecule has 0 saturated heterocycles. The maximum atomic E-state index is 12.0. The third-order valence-corrected chi connectivity index (χ3v) is 5.39. The minimum Gasteiger partial charge on any atom is -0.623 e. The summed E-state index contributed by atoms with van der Waals surface area (Å²) in [6, 6.07) is 0.847. The molecule has 0 saturated carbocycles. The molecule has 0 amide bonds. The summed E-state index contributed by atoms with van der Waals surface area (Å²) in [5.74, 6) is -0.367. The smallest absolute Gasteiger partial charge is 0.273 e. The second kappa shape index (κ2) is 5.99. The van der Waals surface area contributed by atoms with Gasteiger partial charge in [0.2, 0.25) is 27.1 Å². The summed E-state index contributed by atoms with van der Waals surface area (Å²) >= 11 is 0. The molecule has 2 N–H and O–H groups in total. The molecule has 0 radical (unpaired) electrons. The van der Waals surface area contributed by atoms with Crippen LogP contribution in [0.2, 0.25) is 0 Å². The molecule has 0 unspecified atom stereocenters. The topological polar surface area (TPSA) is 132 Å². The summed E-state index contributed by atoms with van der Waals surface area (Å²) in [7, 11) is -5.67. The molecule has 0 spiro atoms. The molecule has 11 heteroatoms. The molecule has 0 aliphatic rings. The molecule has 0 aliphatic carbocycles. The Morgan fingerprint density at radius 1 is 1.14 bits per heavy atom. The van der Waals surface area contributed by atoms with Crippen molar-refractivity contribution in [3.05, 3.63) is 17.0 Å². The van der Waals surface area contributed by atoms with E-state index in [0.717, 1.165) is 26.4 Å². The number of rotatable bonds is 5. The molecule has 22 heavy (non-hydrogen) atoms. The number of hydroxylamine groups is 1. The van der Waals surface area contributed by atoms with Crippen LogP contribution in [0.1, 0.15) is 26.5 Å². The van der Waals surface area contributed by atoms with Crippen LogP contribution in [0.3, 0.4) is 0 Å². The van der Waals surface area contributed by atoms with Gasteiger partial charge >= 0.3 is 0 Å². The Morgan fingerprint density at radius 3 is 2.05 bits per heavy atom. The number of sulfonamides is 2. The van der Waals surface area contributed by atoms with Crippen molar-refractivity contribution in [1.29, 1.82) is 0 Å². The van der Waals surface area contributed by atoms with E-state index in [2.05, 4.69) is 0 Å².